The van der Waals surface area contributed by atoms with Crippen molar-refractivity contribution in [2.45, 2.75) is 6.04 Å². The number of thiazole rings is 1. The molecule has 4 aromatic rings. The standard InChI is InChI=1S/C22H18N4O2S2/c27-20(25-22-24-11-19(30-22)14-6-2-1-3-7-14)18-12-29-13-26(18)21(28)16-10-23-17-9-5-4-8-15(16)17/h1-11,18,23H,12-13H2,(H,24,25,27). The predicted molar refractivity (Wildman–Crippen MR) is 122 cm³/mol. The third-order valence-corrected chi connectivity index (χ3v) is 7.03. The zero-order valence-electron chi connectivity index (χ0n) is 15.9. The van der Waals surface area contributed by atoms with Gasteiger partial charge in [-0.15, -0.1) is 11.8 Å². The van der Waals surface area contributed by atoms with Crippen molar-refractivity contribution in [3.63, 3.8) is 0 Å². The van der Waals surface area contributed by atoms with Gasteiger partial charge < -0.3 is 15.2 Å². The van der Waals surface area contributed by atoms with E-state index in [0.29, 0.717) is 22.3 Å². The van der Waals surface area contributed by atoms with E-state index in [1.807, 2.05) is 54.6 Å². The molecule has 3 heterocycles. The van der Waals surface area contributed by atoms with Crippen molar-refractivity contribution >= 4 is 50.9 Å². The van der Waals surface area contributed by atoms with E-state index in [1.165, 1.54) is 11.3 Å². The maximum atomic E-state index is 13.2. The number of rotatable bonds is 4. The Morgan fingerprint density at radius 2 is 1.90 bits per heavy atom. The lowest BCUT2D eigenvalue weighted by molar-refractivity contribution is -0.119. The summed E-state index contributed by atoms with van der Waals surface area (Å²) in [5, 5.41) is 4.30. The van der Waals surface area contributed by atoms with Gasteiger partial charge in [0, 0.05) is 29.0 Å². The molecule has 1 atom stereocenters. The van der Waals surface area contributed by atoms with Crippen LogP contribution in [0.3, 0.4) is 0 Å². The lowest BCUT2D eigenvalue weighted by Gasteiger charge is -2.22. The lowest BCUT2D eigenvalue weighted by Crippen LogP contribution is -2.44. The summed E-state index contributed by atoms with van der Waals surface area (Å²) in [4.78, 5) is 36.2. The van der Waals surface area contributed by atoms with Crippen molar-refractivity contribution in [2.24, 2.45) is 0 Å². The first-order valence-corrected chi connectivity index (χ1v) is 11.4. The molecule has 0 bridgehead atoms. The van der Waals surface area contributed by atoms with Crippen LogP contribution in [0.25, 0.3) is 21.3 Å². The molecule has 150 valence electrons. The van der Waals surface area contributed by atoms with Crippen LogP contribution in [0.1, 0.15) is 10.4 Å². The van der Waals surface area contributed by atoms with Crippen LogP contribution in [0.4, 0.5) is 5.13 Å². The number of H-pyrrole nitrogens is 1. The zero-order valence-corrected chi connectivity index (χ0v) is 17.5. The van der Waals surface area contributed by atoms with Crippen LogP contribution in [-0.2, 0) is 4.79 Å². The second-order valence-corrected chi connectivity index (χ2v) is 8.95. The number of aromatic amines is 1. The fourth-order valence-electron chi connectivity index (χ4n) is 3.52. The summed E-state index contributed by atoms with van der Waals surface area (Å²) in [7, 11) is 0. The molecule has 1 aliphatic heterocycles. The van der Waals surface area contributed by atoms with Crippen LogP contribution < -0.4 is 5.32 Å². The van der Waals surface area contributed by atoms with E-state index in [0.717, 1.165) is 21.3 Å². The fourth-order valence-corrected chi connectivity index (χ4v) is 5.50. The number of fused-ring (bicyclic) bond motifs is 1. The average Bonchev–Trinajstić information content (AvgIpc) is 3.53. The van der Waals surface area contributed by atoms with Gasteiger partial charge in [-0.2, -0.15) is 0 Å². The maximum absolute atomic E-state index is 13.2. The molecular weight excluding hydrogens is 416 g/mol. The molecule has 5 rings (SSSR count). The number of aromatic nitrogens is 2. The average molecular weight is 435 g/mol. The minimum atomic E-state index is -0.528. The molecule has 1 fully saturated rings. The summed E-state index contributed by atoms with van der Waals surface area (Å²) in [5.41, 5.74) is 2.56. The Morgan fingerprint density at radius 3 is 2.77 bits per heavy atom. The smallest absolute Gasteiger partial charge is 0.257 e. The normalized spacial score (nSPS) is 16.1. The van der Waals surface area contributed by atoms with Crippen LogP contribution in [0.2, 0.25) is 0 Å². The van der Waals surface area contributed by atoms with Gasteiger partial charge in [0.1, 0.15) is 6.04 Å². The summed E-state index contributed by atoms with van der Waals surface area (Å²) in [5.74, 6) is 0.712. The molecule has 1 aliphatic rings. The van der Waals surface area contributed by atoms with Gasteiger partial charge in [-0.05, 0) is 11.6 Å². The van der Waals surface area contributed by atoms with Crippen molar-refractivity contribution in [1.29, 1.82) is 0 Å². The Morgan fingerprint density at radius 1 is 1.10 bits per heavy atom. The van der Waals surface area contributed by atoms with Gasteiger partial charge >= 0.3 is 0 Å². The van der Waals surface area contributed by atoms with E-state index in [1.54, 1.807) is 29.1 Å². The van der Waals surface area contributed by atoms with Crippen LogP contribution in [0, 0.1) is 0 Å². The second kappa shape index (κ2) is 7.97. The van der Waals surface area contributed by atoms with E-state index < -0.39 is 6.04 Å². The molecule has 0 radical (unpaired) electrons. The number of nitrogens with zero attached hydrogens (tertiary/aromatic N) is 2. The topological polar surface area (TPSA) is 78.1 Å². The van der Waals surface area contributed by atoms with Crippen LogP contribution in [-0.4, -0.2) is 44.4 Å². The molecule has 1 unspecified atom stereocenters. The van der Waals surface area contributed by atoms with Gasteiger partial charge in [0.05, 0.1) is 16.3 Å². The predicted octanol–water partition coefficient (Wildman–Crippen LogP) is 4.45. The molecule has 8 heteroatoms. The number of para-hydroxylation sites is 1. The number of nitrogens with one attached hydrogen (secondary N) is 2. The lowest BCUT2D eigenvalue weighted by atomic mass is 10.1. The van der Waals surface area contributed by atoms with Crippen molar-refractivity contribution in [3.05, 3.63) is 72.6 Å². The number of anilines is 1. The number of thioether (sulfide) groups is 1. The van der Waals surface area contributed by atoms with Crippen LogP contribution in [0.5, 0.6) is 0 Å². The summed E-state index contributed by atoms with van der Waals surface area (Å²) in [6.45, 7) is 0. The molecule has 30 heavy (non-hydrogen) atoms. The van der Waals surface area contributed by atoms with Crippen LogP contribution in [0.15, 0.2) is 67.0 Å². The number of benzene rings is 2. The van der Waals surface area contributed by atoms with Gasteiger partial charge in [0.15, 0.2) is 5.13 Å². The molecule has 2 aromatic carbocycles. The highest BCUT2D eigenvalue weighted by molar-refractivity contribution is 7.99. The van der Waals surface area contributed by atoms with Crippen molar-refractivity contribution in [2.75, 3.05) is 16.9 Å². The molecule has 0 aliphatic carbocycles. The number of amides is 2. The van der Waals surface area contributed by atoms with E-state index in [2.05, 4.69) is 15.3 Å². The molecule has 0 saturated carbocycles. The molecule has 6 nitrogen and oxygen atoms in total. The molecular formula is C22H18N4O2S2. The largest absolute Gasteiger partial charge is 0.360 e. The minimum Gasteiger partial charge on any atom is -0.360 e. The summed E-state index contributed by atoms with van der Waals surface area (Å²) >= 11 is 3.00. The zero-order chi connectivity index (χ0) is 20.5. The van der Waals surface area contributed by atoms with E-state index in [4.69, 9.17) is 0 Å². The number of carbonyl (C=O) groups is 2. The summed E-state index contributed by atoms with van der Waals surface area (Å²) in [6.07, 6.45) is 3.48. The second-order valence-electron chi connectivity index (χ2n) is 6.92. The highest BCUT2D eigenvalue weighted by Crippen LogP contribution is 2.30. The third-order valence-electron chi connectivity index (χ3n) is 5.06. The van der Waals surface area contributed by atoms with E-state index >= 15 is 0 Å². The number of carbonyl (C=O) groups excluding carboxylic acids is 2. The highest BCUT2D eigenvalue weighted by atomic mass is 32.2. The Hall–Kier alpha value is -3.10. The SMILES string of the molecule is O=C(Nc1ncc(-c2ccccc2)s1)C1CSCN1C(=O)c1c[nH]c2ccccc12. The van der Waals surface area contributed by atoms with Gasteiger partial charge in [0.2, 0.25) is 5.91 Å². The van der Waals surface area contributed by atoms with Gasteiger partial charge in [-0.3, -0.25) is 9.59 Å². The van der Waals surface area contributed by atoms with Crippen molar-refractivity contribution in [3.8, 4) is 10.4 Å². The van der Waals surface area contributed by atoms with E-state index in [-0.39, 0.29) is 11.8 Å². The summed E-state index contributed by atoms with van der Waals surface area (Å²) in [6, 6.07) is 17.1. The summed E-state index contributed by atoms with van der Waals surface area (Å²) < 4.78 is 0. The monoisotopic (exact) mass is 434 g/mol. The van der Waals surface area contributed by atoms with Crippen LogP contribution >= 0.6 is 23.1 Å². The fraction of sp³-hybridized carbons (Fsp3) is 0.136. The number of hydrogen-bond acceptors (Lipinski definition) is 5. The van der Waals surface area contributed by atoms with E-state index in [9.17, 15) is 9.59 Å². The van der Waals surface area contributed by atoms with Gasteiger partial charge in [-0.25, -0.2) is 4.98 Å². The Balaban J connectivity index is 1.33. The first-order chi connectivity index (χ1) is 14.7. The molecule has 2 aromatic heterocycles. The molecule has 0 spiro atoms. The molecule has 2 N–H and O–H groups in total. The Bertz CT molecular complexity index is 1220. The van der Waals surface area contributed by atoms with Gasteiger partial charge in [0.25, 0.3) is 5.91 Å². The number of hydrogen-bond donors (Lipinski definition) is 2. The maximum Gasteiger partial charge on any atom is 0.257 e. The molecule has 1 saturated heterocycles. The quantitative estimate of drug-likeness (QED) is 0.498. The first-order valence-electron chi connectivity index (χ1n) is 9.47. The van der Waals surface area contributed by atoms with Crippen molar-refractivity contribution < 1.29 is 9.59 Å². The van der Waals surface area contributed by atoms with Crippen molar-refractivity contribution in [1.82, 2.24) is 14.9 Å². The minimum absolute atomic E-state index is 0.137. The third kappa shape index (κ3) is 3.48. The highest BCUT2D eigenvalue weighted by Gasteiger charge is 2.36. The first kappa shape index (κ1) is 18.9. The Labute approximate surface area is 181 Å². The Kier molecular flexibility index (Phi) is 5.02. The van der Waals surface area contributed by atoms with Gasteiger partial charge in [-0.1, -0.05) is 59.9 Å². The molecule has 2 amide bonds.